The smallest absolute Gasteiger partial charge is 0.267 e. The highest BCUT2D eigenvalue weighted by atomic mass is 32.2. The molecule has 4 nitrogen and oxygen atoms in total. The summed E-state index contributed by atoms with van der Waals surface area (Å²) in [6.45, 7) is 0. The molecule has 1 aromatic rings. The van der Waals surface area contributed by atoms with E-state index in [-0.39, 0.29) is 5.56 Å². The summed E-state index contributed by atoms with van der Waals surface area (Å²) < 4.78 is 1.21. The van der Waals surface area contributed by atoms with Crippen LogP contribution in [0.4, 0.5) is 0 Å². The van der Waals surface area contributed by atoms with Crippen LogP contribution >= 0.6 is 11.9 Å². The molecule has 0 amide bonds. The van der Waals surface area contributed by atoms with Gasteiger partial charge in [0.2, 0.25) is 0 Å². The number of hydrogen-bond acceptors (Lipinski definition) is 4. The molecule has 5 heteroatoms. The maximum Gasteiger partial charge on any atom is 0.280 e. The van der Waals surface area contributed by atoms with Crippen molar-refractivity contribution in [3.05, 3.63) is 22.6 Å². The van der Waals surface area contributed by atoms with Crippen LogP contribution in [0.15, 0.2) is 17.1 Å². The number of aromatic nitrogens is 3. The topological polar surface area (TPSA) is 47.8 Å². The van der Waals surface area contributed by atoms with Crippen LogP contribution in [0.2, 0.25) is 0 Å². The number of nitrogens with zero attached hydrogens (tertiary/aromatic N) is 3. The molecule has 0 aliphatic rings. The lowest BCUT2D eigenvalue weighted by molar-refractivity contribution is 0.794. The summed E-state index contributed by atoms with van der Waals surface area (Å²) >= 11 is 1.23. The Morgan fingerprint density at radius 3 is 3.00 bits per heavy atom. The van der Waals surface area contributed by atoms with Gasteiger partial charge in [-0.2, -0.15) is 4.09 Å². The lowest BCUT2D eigenvalue weighted by atomic mass is 10.7. The zero-order chi connectivity index (χ0) is 6.69. The Kier molecular flexibility index (Phi) is 1.84. The summed E-state index contributed by atoms with van der Waals surface area (Å²) in [4.78, 5) is 10.7. The van der Waals surface area contributed by atoms with Crippen LogP contribution in [0.25, 0.3) is 0 Å². The summed E-state index contributed by atoms with van der Waals surface area (Å²) in [5.74, 6) is 0. The summed E-state index contributed by atoms with van der Waals surface area (Å²) in [5.41, 5.74) is -0.141. The first-order valence-corrected chi connectivity index (χ1v) is 3.48. The fourth-order valence-corrected chi connectivity index (χ4v) is 0.764. The minimum atomic E-state index is -0.141. The molecule has 0 radical (unpaired) electrons. The van der Waals surface area contributed by atoms with E-state index in [0.29, 0.717) is 0 Å². The molecule has 0 aliphatic carbocycles. The lowest BCUT2D eigenvalue weighted by Gasteiger charge is -1.91. The van der Waals surface area contributed by atoms with Crippen LogP contribution in [0.1, 0.15) is 0 Å². The molecule has 1 rings (SSSR count). The highest BCUT2D eigenvalue weighted by Gasteiger charge is 1.89. The second kappa shape index (κ2) is 2.63. The second-order valence-electron chi connectivity index (χ2n) is 1.31. The molecule has 0 aromatic carbocycles. The molecule has 9 heavy (non-hydrogen) atoms. The van der Waals surface area contributed by atoms with E-state index < -0.39 is 0 Å². The van der Waals surface area contributed by atoms with Gasteiger partial charge in [0.05, 0.1) is 6.20 Å². The van der Waals surface area contributed by atoms with E-state index in [9.17, 15) is 4.79 Å². The Labute approximate surface area is 56.0 Å². The molecule has 0 spiro atoms. The van der Waals surface area contributed by atoms with Gasteiger partial charge in [-0.05, 0) is 11.9 Å². The predicted octanol–water partition coefficient (Wildman–Crippen LogP) is -0.236. The highest BCUT2D eigenvalue weighted by Crippen LogP contribution is 1.86. The average molecular weight is 143 g/mol. The zero-order valence-corrected chi connectivity index (χ0v) is 5.63. The minimum Gasteiger partial charge on any atom is -0.267 e. The first-order chi connectivity index (χ1) is 4.34. The fraction of sp³-hybridized carbons (Fsp3) is 0.250. The van der Waals surface area contributed by atoms with Gasteiger partial charge in [-0.1, -0.05) is 5.21 Å². The molecular formula is C4H5N3OS. The van der Waals surface area contributed by atoms with Crippen molar-refractivity contribution >= 4 is 11.9 Å². The number of rotatable bonds is 1. The van der Waals surface area contributed by atoms with Gasteiger partial charge in [-0.15, -0.1) is 5.10 Å². The SMILES string of the molecule is CSn1nnccc1=O. The van der Waals surface area contributed by atoms with Gasteiger partial charge in [-0.3, -0.25) is 4.79 Å². The predicted molar refractivity (Wildman–Crippen MR) is 35.2 cm³/mol. The summed E-state index contributed by atoms with van der Waals surface area (Å²) in [7, 11) is 0. The Bertz CT molecular complexity index is 246. The van der Waals surface area contributed by atoms with Crippen LogP contribution in [-0.4, -0.2) is 20.7 Å². The quantitative estimate of drug-likeness (QED) is 0.544. The van der Waals surface area contributed by atoms with E-state index in [0.717, 1.165) is 0 Å². The molecule has 0 unspecified atom stereocenters. The molecule has 0 saturated heterocycles. The van der Waals surface area contributed by atoms with Crippen molar-refractivity contribution in [1.82, 2.24) is 14.4 Å². The maximum absolute atomic E-state index is 10.7. The van der Waals surface area contributed by atoms with Crippen molar-refractivity contribution in [3.8, 4) is 0 Å². The van der Waals surface area contributed by atoms with E-state index in [2.05, 4.69) is 10.3 Å². The summed E-state index contributed by atoms with van der Waals surface area (Å²) in [6, 6.07) is 1.36. The normalized spacial score (nSPS) is 9.44. The standard InChI is InChI=1S/C4H5N3OS/c1-9-7-4(8)2-3-5-6-7/h2-3H,1H3. The van der Waals surface area contributed by atoms with E-state index in [1.54, 1.807) is 6.26 Å². The van der Waals surface area contributed by atoms with Crippen molar-refractivity contribution in [3.63, 3.8) is 0 Å². The van der Waals surface area contributed by atoms with Crippen molar-refractivity contribution < 1.29 is 0 Å². The maximum atomic E-state index is 10.7. The fourth-order valence-electron chi connectivity index (χ4n) is 0.408. The first-order valence-electron chi connectivity index (χ1n) is 2.30. The highest BCUT2D eigenvalue weighted by molar-refractivity contribution is 7.96. The van der Waals surface area contributed by atoms with Crippen LogP contribution in [0.5, 0.6) is 0 Å². The first kappa shape index (κ1) is 6.28. The van der Waals surface area contributed by atoms with Gasteiger partial charge in [0.15, 0.2) is 0 Å². The van der Waals surface area contributed by atoms with Crippen LogP contribution in [0, 0.1) is 0 Å². The molecule has 0 saturated carbocycles. The third-order valence-corrected chi connectivity index (χ3v) is 1.38. The molecule has 0 fully saturated rings. The Morgan fingerprint density at radius 2 is 2.56 bits per heavy atom. The van der Waals surface area contributed by atoms with Crippen LogP contribution < -0.4 is 5.56 Å². The van der Waals surface area contributed by atoms with Crippen LogP contribution in [0.3, 0.4) is 0 Å². The second-order valence-corrected chi connectivity index (χ2v) is 2.03. The van der Waals surface area contributed by atoms with Gasteiger partial charge in [0.25, 0.3) is 5.56 Å². The summed E-state index contributed by atoms with van der Waals surface area (Å²) in [6.07, 6.45) is 3.13. The largest absolute Gasteiger partial charge is 0.280 e. The zero-order valence-electron chi connectivity index (χ0n) is 4.81. The third-order valence-electron chi connectivity index (χ3n) is 0.778. The van der Waals surface area contributed by atoms with Crippen molar-refractivity contribution in [2.24, 2.45) is 0 Å². The molecule has 0 N–H and O–H groups in total. The Hall–Kier alpha value is -0.840. The van der Waals surface area contributed by atoms with E-state index in [1.165, 1.54) is 28.3 Å². The van der Waals surface area contributed by atoms with Gasteiger partial charge in [0.1, 0.15) is 0 Å². The Balaban J connectivity index is 3.16. The summed E-state index contributed by atoms with van der Waals surface area (Å²) in [5, 5.41) is 7.02. The molecule has 48 valence electrons. The van der Waals surface area contributed by atoms with Gasteiger partial charge in [0, 0.05) is 12.3 Å². The van der Waals surface area contributed by atoms with E-state index in [1.807, 2.05) is 0 Å². The van der Waals surface area contributed by atoms with Crippen molar-refractivity contribution in [1.29, 1.82) is 0 Å². The van der Waals surface area contributed by atoms with Crippen LogP contribution in [-0.2, 0) is 0 Å². The average Bonchev–Trinajstić information content (AvgIpc) is 1.89. The molecule has 1 aromatic heterocycles. The third kappa shape index (κ3) is 1.29. The van der Waals surface area contributed by atoms with Gasteiger partial charge >= 0.3 is 0 Å². The number of hydrogen-bond donors (Lipinski definition) is 0. The molecule has 0 bridgehead atoms. The molecule has 1 heterocycles. The van der Waals surface area contributed by atoms with E-state index >= 15 is 0 Å². The van der Waals surface area contributed by atoms with E-state index in [4.69, 9.17) is 0 Å². The van der Waals surface area contributed by atoms with Gasteiger partial charge in [-0.25, -0.2) is 0 Å². The Morgan fingerprint density at radius 1 is 1.78 bits per heavy atom. The molecular weight excluding hydrogens is 138 g/mol. The van der Waals surface area contributed by atoms with Crippen molar-refractivity contribution in [2.45, 2.75) is 0 Å². The monoisotopic (exact) mass is 143 g/mol. The van der Waals surface area contributed by atoms with Crippen molar-refractivity contribution in [2.75, 3.05) is 6.26 Å². The minimum absolute atomic E-state index is 0.141. The van der Waals surface area contributed by atoms with Gasteiger partial charge < -0.3 is 0 Å². The molecule has 0 atom stereocenters. The molecule has 0 aliphatic heterocycles. The lowest BCUT2D eigenvalue weighted by Crippen LogP contribution is -2.16.